The van der Waals surface area contributed by atoms with Gasteiger partial charge in [-0.2, -0.15) is 14.0 Å². The largest absolute Gasteiger partial charge is 0.462 e. The number of benzene rings is 1. The van der Waals surface area contributed by atoms with Gasteiger partial charge in [0.2, 0.25) is 0 Å². The summed E-state index contributed by atoms with van der Waals surface area (Å²) in [4.78, 5) is 24.8. The van der Waals surface area contributed by atoms with Crippen LogP contribution in [0.25, 0.3) is 11.0 Å². The molecule has 0 aliphatic carbocycles. The Hall–Kier alpha value is -2.83. The summed E-state index contributed by atoms with van der Waals surface area (Å²) < 4.78 is 13.2. The summed E-state index contributed by atoms with van der Waals surface area (Å²) in [7, 11) is 0. The van der Waals surface area contributed by atoms with Crippen molar-refractivity contribution in [2.45, 2.75) is 13.8 Å². The molecule has 3 aromatic rings. The maximum atomic E-state index is 12.5. The van der Waals surface area contributed by atoms with Gasteiger partial charge in [0.15, 0.2) is 0 Å². The highest BCUT2D eigenvalue weighted by Crippen LogP contribution is 2.33. The lowest BCUT2D eigenvalue weighted by Gasteiger charge is -2.03. The highest BCUT2D eigenvalue weighted by atomic mass is 32.1. The topological polar surface area (TPSA) is 105 Å². The molecule has 0 spiro atoms. The Balaban J connectivity index is 1.91. The number of fused-ring (bicyclic) bond motifs is 1. The van der Waals surface area contributed by atoms with E-state index in [1.807, 2.05) is 6.07 Å². The van der Waals surface area contributed by atoms with Crippen LogP contribution in [0, 0.1) is 18.3 Å². The first-order chi connectivity index (χ1) is 12.0. The van der Waals surface area contributed by atoms with Gasteiger partial charge in [-0.1, -0.05) is 0 Å². The van der Waals surface area contributed by atoms with E-state index in [1.54, 1.807) is 32.0 Å². The van der Waals surface area contributed by atoms with Crippen molar-refractivity contribution in [1.29, 1.82) is 5.26 Å². The molecule has 0 aliphatic heterocycles. The molecule has 7 nitrogen and oxygen atoms in total. The van der Waals surface area contributed by atoms with Crippen molar-refractivity contribution < 1.29 is 14.3 Å². The molecule has 0 atom stereocenters. The maximum absolute atomic E-state index is 12.5. The molecule has 1 N–H and O–H groups in total. The maximum Gasteiger partial charge on any atom is 0.348 e. The van der Waals surface area contributed by atoms with E-state index in [-0.39, 0.29) is 18.1 Å². The predicted octanol–water partition coefficient (Wildman–Crippen LogP) is 3.36. The summed E-state index contributed by atoms with van der Waals surface area (Å²) in [6.45, 7) is 3.60. The first kappa shape index (κ1) is 17.0. The number of hydrogen-bond donors (Lipinski definition) is 1. The number of anilines is 1. The Bertz CT molecular complexity index is 1020. The molecule has 0 radical (unpaired) electrons. The minimum absolute atomic E-state index is 0.238. The molecule has 9 heteroatoms. The Kier molecular flexibility index (Phi) is 4.74. The van der Waals surface area contributed by atoms with E-state index >= 15 is 0 Å². The Morgan fingerprint density at radius 3 is 2.80 bits per heavy atom. The minimum Gasteiger partial charge on any atom is -0.462 e. The first-order valence-corrected chi connectivity index (χ1v) is 8.84. The monoisotopic (exact) mass is 372 g/mol. The highest BCUT2D eigenvalue weighted by Gasteiger charge is 2.22. The molecule has 0 saturated heterocycles. The number of nitrogens with one attached hydrogen (secondary N) is 1. The third-order valence-corrected chi connectivity index (χ3v) is 5.21. The molecule has 1 amide bonds. The average molecular weight is 372 g/mol. The molecule has 0 saturated carbocycles. The fourth-order valence-corrected chi connectivity index (χ4v) is 3.79. The Morgan fingerprint density at radius 1 is 1.32 bits per heavy atom. The SMILES string of the molecule is CCOC(=O)c1sc(NC(=O)c2ccc3nsnc3c2)c(C#N)c1C. The summed E-state index contributed by atoms with van der Waals surface area (Å²) in [6, 6.07) is 7.01. The minimum atomic E-state index is -0.503. The first-order valence-electron chi connectivity index (χ1n) is 7.29. The lowest BCUT2D eigenvalue weighted by Crippen LogP contribution is -2.11. The molecule has 3 rings (SSSR count). The number of nitrogens with zero attached hydrogens (tertiary/aromatic N) is 3. The molecular formula is C16H12N4O3S2. The predicted molar refractivity (Wildman–Crippen MR) is 95.1 cm³/mol. The molecule has 0 fully saturated rings. The van der Waals surface area contributed by atoms with Gasteiger partial charge in [-0.15, -0.1) is 11.3 Å². The van der Waals surface area contributed by atoms with E-state index in [4.69, 9.17) is 4.74 Å². The van der Waals surface area contributed by atoms with Crippen LogP contribution in [0.3, 0.4) is 0 Å². The van der Waals surface area contributed by atoms with Gasteiger partial charge in [0.25, 0.3) is 5.91 Å². The van der Waals surface area contributed by atoms with Crippen LogP contribution in [0.2, 0.25) is 0 Å². The molecule has 2 heterocycles. The fraction of sp³-hybridized carbons (Fsp3) is 0.188. The van der Waals surface area contributed by atoms with Crippen LogP contribution in [-0.2, 0) is 4.74 Å². The Labute approximate surface area is 151 Å². The highest BCUT2D eigenvalue weighted by molar-refractivity contribution is 7.18. The normalized spacial score (nSPS) is 10.4. The number of carbonyl (C=O) groups excluding carboxylic acids is 2. The number of amides is 1. The third-order valence-electron chi connectivity index (χ3n) is 3.46. The third kappa shape index (κ3) is 3.22. The molecule has 0 aliphatic rings. The molecule has 0 unspecified atom stereocenters. The van der Waals surface area contributed by atoms with Gasteiger partial charge in [0.1, 0.15) is 27.0 Å². The Morgan fingerprint density at radius 2 is 2.08 bits per heavy atom. The van der Waals surface area contributed by atoms with Crippen molar-refractivity contribution in [2.24, 2.45) is 0 Å². The summed E-state index contributed by atoms with van der Waals surface area (Å²) in [5.74, 6) is -0.889. The summed E-state index contributed by atoms with van der Waals surface area (Å²) in [5, 5.41) is 12.4. The molecule has 25 heavy (non-hydrogen) atoms. The zero-order valence-electron chi connectivity index (χ0n) is 13.3. The lowest BCUT2D eigenvalue weighted by atomic mass is 10.1. The number of thiophene rings is 1. The lowest BCUT2D eigenvalue weighted by molar-refractivity contribution is 0.0531. The quantitative estimate of drug-likeness (QED) is 0.704. The van der Waals surface area contributed by atoms with Gasteiger partial charge in [-0.25, -0.2) is 4.79 Å². The summed E-state index contributed by atoms with van der Waals surface area (Å²) in [5.41, 5.74) is 2.51. The van der Waals surface area contributed by atoms with Crippen LogP contribution in [-0.4, -0.2) is 27.2 Å². The number of ether oxygens (including phenoxy) is 1. The second-order valence-electron chi connectivity index (χ2n) is 5.01. The van der Waals surface area contributed by atoms with Crippen LogP contribution in [0.15, 0.2) is 18.2 Å². The van der Waals surface area contributed by atoms with Gasteiger partial charge in [0.05, 0.1) is 23.9 Å². The zero-order valence-corrected chi connectivity index (χ0v) is 15.0. The van der Waals surface area contributed by atoms with E-state index in [1.165, 1.54) is 0 Å². The molecule has 0 bridgehead atoms. The van der Waals surface area contributed by atoms with Gasteiger partial charge >= 0.3 is 5.97 Å². The van der Waals surface area contributed by atoms with Gasteiger partial charge < -0.3 is 10.1 Å². The molecule has 126 valence electrons. The number of esters is 1. The van der Waals surface area contributed by atoms with Crippen LogP contribution in [0.1, 0.15) is 38.1 Å². The van der Waals surface area contributed by atoms with Crippen molar-refractivity contribution in [2.75, 3.05) is 11.9 Å². The van der Waals surface area contributed by atoms with Gasteiger partial charge in [-0.3, -0.25) is 4.79 Å². The average Bonchev–Trinajstić information content (AvgIpc) is 3.18. The van der Waals surface area contributed by atoms with Crippen LogP contribution >= 0.6 is 23.1 Å². The standard InChI is InChI=1S/C16H12N4O3S2/c1-3-23-16(22)13-8(2)10(7-17)15(24-13)18-14(21)9-4-5-11-12(6-9)20-25-19-11/h4-6H,3H2,1-2H3,(H,18,21). The summed E-state index contributed by atoms with van der Waals surface area (Å²) in [6.07, 6.45) is 0. The number of carbonyl (C=O) groups is 2. The zero-order chi connectivity index (χ0) is 18.0. The van der Waals surface area contributed by atoms with E-state index in [2.05, 4.69) is 14.1 Å². The van der Waals surface area contributed by atoms with Crippen molar-refractivity contribution in [3.63, 3.8) is 0 Å². The van der Waals surface area contributed by atoms with Crippen molar-refractivity contribution in [1.82, 2.24) is 8.75 Å². The van der Waals surface area contributed by atoms with Crippen molar-refractivity contribution in [3.8, 4) is 6.07 Å². The number of nitriles is 1. The van der Waals surface area contributed by atoms with E-state index < -0.39 is 5.97 Å². The fourth-order valence-electron chi connectivity index (χ4n) is 2.23. The molecule has 2 aromatic heterocycles. The van der Waals surface area contributed by atoms with E-state index in [9.17, 15) is 14.9 Å². The van der Waals surface area contributed by atoms with Gasteiger partial charge in [0, 0.05) is 5.56 Å². The molecular weight excluding hydrogens is 360 g/mol. The van der Waals surface area contributed by atoms with Crippen LogP contribution < -0.4 is 5.32 Å². The molecule has 1 aromatic carbocycles. The number of aromatic nitrogens is 2. The number of rotatable bonds is 4. The summed E-state index contributed by atoms with van der Waals surface area (Å²) >= 11 is 2.10. The number of hydrogen-bond acceptors (Lipinski definition) is 8. The van der Waals surface area contributed by atoms with E-state index in [0.717, 1.165) is 28.6 Å². The smallest absolute Gasteiger partial charge is 0.348 e. The van der Waals surface area contributed by atoms with E-state index in [0.29, 0.717) is 26.5 Å². The van der Waals surface area contributed by atoms with Gasteiger partial charge in [-0.05, 0) is 37.6 Å². The van der Waals surface area contributed by atoms with Crippen LogP contribution in [0.5, 0.6) is 0 Å². The van der Waals surface area contributed by atoms with Crippen molar-refractivity contribution in [3.05, 3.63) is 39.8 Å². The van der Waals surface area contributed by atoms with Crippen LogP contribution in [0.4, 0.5) is 5.00 Å². The second-order valence-corrected chi connectivity index (χ2v) is 6.56. The van der Waals surface area contributed by atoms with Crippen molar-refractivity contribution >= 4 is 51.0 Å². The second kappa shape index (κ2) is 6.96.